The third-order valence-electron chi connectivity index (χ3n) is 12.4. The second-order valence-corrected chi connectivity index (χ2v) is 19.0. The molecule has 0 saturated carbocycles. The molecule has 1 aliphatic rings. The summed E-state index contributed by atoms with van der Waals surface area (Å²) in [6.07, 6.45) is 59.4. The molecule has 74 heavy (non-hydrogen) atoms. The molecular weight excluding hydrogens is 931 g/mol. The predicted octanol–water partition coefficient (Wildman–Crippen LogP) is 12.9. The highest BCUT2D eigenvalue weighted by Gasteiger charge is 2.47. The Morgan fingerprint density at radius 2 is 1.04 bits per heavy atom. The van der Waals surface area contributed by atoms with Crippen molar-refractivity contribution in [2.45, 2.75) is 237 Å². The van der Waals surface area contributed by atoms with Crippen LogP contribution in [0.4, 0.5) is 0 Å². The molecule has 1 fully saturated rings. The van der Waals surface area contributed by atoms with Gasteiger partial charge in [-0.3, -0.25) is 9.59 Å². The molecule has 11 heteroatoms. The van der Waals surface area contributed by atoms with Crippen LogP contribution in [0.15, 0.2) is 134 Å². The Bertz CT molecular complexity index is 1710. The molecule has 6 N–H and O–H groups in total. The lowest BCUT2D eigenvalue weighted by Crippen LogP contribution is -2.61. The fourth-order valence-corrected chi connectivity index (χ4v) is 7.94. The maximum Gasteiger partial charge on any atom is 0.306 e. The molecule has 11 nitrogen and oxygen atoms in total. The minimum Gasteiger partial charge on any atom is -0.454 e. The Kier molecular flexibility index (Phi) is 45.5. The zero-order chi connectivity index (χ0) is 54.0. The smallest absolute Gasteiger partial charge is 0.306 e. The third kappa shape index (κ3) is 37.5. The highest BCUT2D eigenvalue weighted by atomic mass is 16.7. The van der Waals surface area contributed by atoms with Crippen molar-refractivity contribution in [2.24, 2.45) is 0 Å². The summed E-state index contributed by atoms with van der Waals surface area (Å²) in [5.41, 5.74) is 0. The fourth-order valence-electron chi connectivity index (χ4n) is 7.94. The molecule has 418 valence electrons. The van der Waals surface area contributed by atoms with E-state index >= 15 is 0 Å². The number of esters is 1. The van der Waals surface area contributed by atoms with Gasteiger partial charge in [0.25, 0.3) is 0 Å². The van der Waals surface area contributed by atoms with Crippen LogP contribution in [0.3, 0.4) is 0 Å². The van der Waals surface area contributed by atoms with Crippen molar-refractivity contribution >= 4 is 11.9 Å². The summed E-state index contributed by atoms with van der Waals surface area (Å²) in [5.74, 6) is -1.31. The number of amides is 1. The minimum atomic E-state index is -1.64. The van der Waals surface area contributed by atoms with Crippen LogP contribution in [0.2, 0.25) is 0 Å². The Morgan fingerprint density at radius 1 is 0.554 bits per heavy atom. The quantitative estimate of drug-likeness (QED) is 0.0149. The molecule has 8 atom stereocenters. The molecule has 1 saturated heterocycles. The molecule has 1 aliphatic heterocycles. The molecule has 0 aromatic rings. The summed E-state index contributed by atoms with van der Waals surface area (Å²) in [6.45, 7) is 5.43. The van der Waals surface area contributed by atoms with Crippen LogP contribution in [-0.4, -0.2) is 99.6 Å². The maximum atomic E-state index is 13.3. The van der Waals surface area contributed by atoms with E-state index in [1.165, 1.54) is 44.9 Å². The van der Waals surface area contributed by atoms with Crippen molar-refractivity contribution in [1.82, 2.24) is 5.32 Å². The van der Waals surface area contributed by atoms with Gasteiger partial charge in [-0.25, -0.2) is 0 Å². The molecule has 8 unspecified atom stereocenters. The number of hydrogen-bond acceptors (Lipinski definition) is 10. The number of unbranched alkanes of at least 4 members (excludes halogenated alkanes) is 15. The lowest BCUT2D eigenvalue weighted by Gasteiger charge is -2.41. The first-order valence-corrected chi connectivity index (χ1v) is 28.5. The van der Waals surface area contributed by atoms with Crippen LogP contribution in [-0.2, 0) is 23.8 Å². The van der Waals surface area contributed by atoms with Crippen molar-refractivity contribution in [3.63, 3.8) is 0 Å². The molecule has 0 bridgehead atoms. The van der Waals surface area contributed by atoms with Crippen molar-refractivity contribution in [3.8, 4) is 0 Å². The number of rotatable bonds is 45. The Labute approximate surface area is 448 Å². The minimum absolute atomic E-state index is 0.0840. The van der Waals surface area contributed by atoms with Gasteiger partial charge in [0.15, 0.2) is 12.4 Å². The predicted molar refractivity (Wildman–Crippen MR) is 305 cm³/mol. The highest BCUT2D eigenvalue weighted by molar-refractivity contribution is 5.80. The normalized spacial score (nSPS) is 20.4. The number of carbonyl (C=O) groups excluding carboxylic acids is 2. The van der Waals surface area contributed by atoms with Gasteiger partial charge in [0.1, 0.15) is 24.4 Å². The van der Waals surface area contributed by atoms with E-state index in [1.807, 2.05) is 60.8 Å². The molecule has 1 rings (SSSR count). The molecule has 0 radical (unpaired) electrons. The first-order chi connectivity index (χ1) is 36.2. The van der Waals surface area contributed by atoms with Gasteiger partial charge in [0.2, 0.25) is 5.91 Å². The largest absolute Gasteiger partial charge is 0.454 e. The monoisotopic (exact) mass is 1030 g/mol. The van der Waals surface area contributed by atoms with Crippen LogP contribution in [0.1, 0.15) is 188 Å². The molecule has 0 aliphatic carbocycles. The zero-order valence-electron chi connectivity index (χ0n) is 45.9. The molecule has 0 aromatic carbocycles. The van der Waals surface area contributed by atoms with Crippen LogP contribution in [0.5, 0.6) is 0 Å². The van der Waals surface area contributed by atoms with Crippen molar-refractivity contribution in [1.29, 1.82) is 0 Å². The number of carbonyl (C=O) groups is 2. The van der Waals surface area contributed by atoms with Crippen molar-refractivity contribution in [2.75, 3.05) is 13.2 Å². The Morgan fingerprint density at radius 3 is 1.59 bits per heavy atom. The van der Waals surface area contributed by atoms with E-state index in [0.29, 0.717) is 12.8 Å². The highest BCUT2D eigenvalue weighted by Crippen LogP contribution is 2.26. The number of aliphatic hydroxyl groups excluding tert-OH is 5. The van der Waals surface area contributed by atoms with E-state index in [4.69, 9.17) is 14.2 Å². The number of allylic oxidation sites excluding steroid dienone is 21. The number of hydrogen-bond donors (Lipinski definition) is 6. The molecule has 0 aromatic heterocycles. The summed E-state index contributed by atoms with van der Waals surface area (Å²) in [7, 11) is 0. The van der Waals surface area contributed by atoms with Crippen LogP contribution in [0, 0.1) is 0 Å². The van der Waals surface area contributed by atoms with E-state index in [1.54, 1.807) is 6.08 Å². The first kappa shape index (κ1) is 67.8. The molecule has 0 spiro atoms. The van der Waals surface area contributed by atoms with Crippen molar-refractivity contribution in [3.05, 3.63) is 134 Å². The van der Waals surface area contributed by atoms with E-state index in [-0.39, 0.29) is 19.4 Å². The van der Waals surface area contributed by atoms with Crippen molar-refractivity contribution < 1.29 is 49.3 Å². The number of ether oxygens (including phenoxy) is 3. The second kappa shape index (κ2) is 49.7. The molecule has 1 amide bonds. The Hall–Kier alpha value is -4.20. The SMILES string of the molecule is CC/C=C\C/C=C\C/C=C\C/C=C\C/C=C\CCCCCCCC(=O)OC1C(OCC(NC(=O)C(O)CC/C=C/C=C\C=C/C=C/C=C/CC)C(O)/C=C/CCCCCCCCCCCC)OC(CO)C(O)C1O. The number of nitrogens with one attached hydrogen (secondary N) is 1. The third-order valence-corrected chi connectivity index (χ3v) is 12.4. The van der Waals surface area contributed by atoms with Gasteiger partial charge < -0.3 is 45.1 Å². The van der Waals surface area contributed by atoms with Crippen LogP contribution < -0.4 is 5.32 Å². The van der Waals surface area contributed by atoms with Crippen LogP contribution in [0.25, 0.3) is 0 Å². The summed E-state index contributed by atoms with van der Waals surface area (Å²) in [6, 6.07) is -1.07. The zero-order valence-corrected chi connectivity index (χ0v) is 45.9. The number of aliphatic hydroxyl groups is 5. The lowest BCUT2D eigenvalue weighted by molar-refractivity contribution is -0.305. The maximum absolute atomic E-state index is 13.3. The lowest BCUT2D eigenvalue weighted by atomic mass is 9.99. The van der Waals surface area contributed by atoms with E-state index in [2.05, 4.69) is 92.9 Å². The standard InChI is InChI=1S/C63H101NO10/c1-4-7-10-13-16-19-22-25-26-27-28-29-30-31-32-33-36-39-42-45-48-51-58(68)74-61-60(70)59(69)57(52-65)73-63(61)72-53-54(55(66)49-46-43-40-37-34-23-20-17-14-11-8-5-2)64-62(71)56(67)50-47-44-41-38-35-24-21-18-15-12-9-6-3/h7,9-10,12,15-16,18-19,21,24-26,28-29,31-32,35,38,41,44,46,49,54-57,59-61,63,65-67,69-70H,4-6,8,11,13-14,17,20,22-23,27,30,33-34,36-37,39-40,42-43,45,47-48,50-53H2,1-3H3,(H,64,71)/b10-7-,12-9+,18-15+,19-16-,24-21-,26-25-,29-28-,32-31-,38-35-,44-41+,49-46+. The van der Waals surface area contributed by atoms with E-state index < -0.39 is 67.4 Å². The molecule has 1 heterocycles. The topological polar surface area (TPSA) is 175 Å². The van der Waals surface area contributed by atoms with E-state index in [0.717, 1.165) is 96.3 Å². The van der Waals surface area contributed by atoms with Gasteiger partial charge in [-0.05, 0) is 83.5 Å². The van der Waals surface area contributed by atoms with Crippen LogP contribution >= 0.6 is 0 Å². The van der Waals surface area contributed by atoms with E-state index in [9.17, 15) is 35.1 Å². The van der Waals surface area contributed by atoms with Gasteiger partial charge in [0.05, 0.1) is 25.4 Å². The first-order valence-electron chi connectivity index (χ1n) is 28.5. The van der Waals surface area contributed by atoms with Gasteiger partial charge in [-0.1, -0.05) is 231 Å². The molecular formula is C63H101NO10. The van der Waals surface area contributed by atoms with Gasteiger partial charge in [0, 0.05) is 6.42 Å². The summed E-state index contributed by atoms with van der Waals surface area (Å²) in [4.78, 5) is 26.4. The Balaban J connectivity index is 2.76. The second-order valence-electron chi connectivity index (χ2n) is 19.0. The fraction of sp³-hybridized carbons (Fsp3) is 0.619. The summed E-state index contributed by atoms with van der Waals surface area (Å²) < 4.78 is 17.5. The average molecular weight is 1030 g/mol. The average Bonchev–Trinajstić information content (AvgIpc) is 3.40. The summed E-state index contributed by atoms with van der Waals surface area (Å²) in [5, 5.41) is 56.6. The van der Waals surface area contributed by atoms with Gasteiger partial charge in [-0.2, -0.15) is 0 Å². The van der Waals surface area contributed by atoms with Gasteiger partial charge in [-0.15, -0.1) is 0 Å². The summed E-state index contributed by atoms with van der Waals surface area (Å²) >= 11 is 0. The van der Waals surface area contributed by atoms with Gasteiger partial charge >= 0.3 is 5.97 Å².